The number of hydrogen-bond donors (Lipinski definition) is 0. The molecule has 0 aliphatic rings. The Morgan fingerprint density at radius 2 is 1.33 bits per heavy atom. The smallest absolute Gasteiger partial charge is 0.549 e. The maximum Gasteiger partial charge on any atom is 1.00 e. The minimum absolute atomic E-state index is 0. The molecule has 0 fully saturated rings. The van der Waals surface area contributed by atoms with Crippen molar-refractivity contribution in [2.75, 3.05) is 0 Å². The first kappa shape index (κ1) is 24.1. The predicted octanol–water partition coefficient (Wildman–Crippen LogP) is -5.81. The molecule has 0 aliphatic heterocycles. The monoisotopic (exact) mass is 324 g/mol. The van der Waals surface area contributed by atoms with Crippen LogP contribution in [0.2, 0.25) is 0 Å². The number of rotatable bonds is 3. The van der Waals surface area contributed by atoms with Gasteiger partial charge < -0.3 is 19.8 Å². The fourth-order valence-corrected chi connectivity index (χ4v) is 2.19. The van der Waals surface area contributed by atoms with Gasteiger partial charge in [-0.1, -0.05) is 32.9 Å². The van der Waals surface area contributed by atoms with E-state index in [2.05, 4.69) is 0 Å². The molecule has 0 bridgehead atoms. The summed E-state index contributed by atoms with van der Waals surface area (Å²) < 4.78 is 0. The van der Waals surface area contributed by atoms with Gasteiger partial charge in [0, 0.05) is 0 Å². The van der Waals surface area contributed by atoms with Crippen LogP contribution in [0.5, 0.6) is 0 Å². The van der Waals surface area contributed by atoms with Crippen LogP contribution < -0.4 is 91.2 Å². The third-order valence-corrected chi connectivity index (χ3v) is 3.22. The Morgan fingerprint density at radius 3 is 1.57 bits per heavy atom. The molecule has 0 amide bonds. The van der Waals surface area contributed by atoms with Crippen molar-refractivity contribution in [3.63, 3.8) is 0 Å². The van der Waals surface area contributed by atoms with Crippen LogP contribution >= 0.6 is 0 Å². The average molecular weight is 324 g/mol. The molecule has 21 heavy (non-hydrogen) atoms. The first-order chi connectivity index (χ1) is 8.55. The quantitative estimate of drug-likeness (QED) is 0.410. The number of carboxylic acids is 2. The van der Waals surface area contributed by atoms with Crippen molar-refractivity contribution >= 4 is 11.9 Å². The molecular formula is C15H18KNaO4. The molecule has 1 aromatic rings. The summed E-state index contributed by atoms with van der Waals surface area (Å²) in [6, 6.07) is 3.64. The topological polar surface area (TPSA) is 80.3 Å². The van der Waals surface area contributed by atoms with E-state index in [4.69, 9.17) is 0 Å². The molecule has 0 aliphatic carbocycles. The van der Waals surface area contributed by atoms with E-state index in [1.54, 1.807) is 13.8 Å². The third kappa shape index (κ3) is 6.07. The standard InChI is InChI=1S/C15H20O4.K.Na/c1-8-6-10(15(3,4)5)7-9(2)11(8)12(13(16)17)14(18)19;;/h6-7,12H,1-5H3,(H,16,17)(H,18,19);;/q;2*+1/p-2. The summed E-state index contributed by atoms with van der Waals surface area (Å²) in [4.78, 5) is 22.0. The summed E-state index contributed by atoms with van der Waals surface area (Å²) in [7, 11) is 0. The second-order valence-electron chi connectivity index (χ2n) is 5.84. The number of carbonyl (C=O) groups is 2. The minimum atomic E-state index is -1.73. The normalized spacial score (nSPS) is 10.6. The van der Waals surface area contributed by atoms with Gasteiger partial charge in [0.05, 0.1) is 17.9 Å². The summed E-state index contributed by atoms with van der Waals surface area (Å²) in [6.45, 7) is 9.52. The van der Waals surface area contributed by atoms with Gasteiger partial charge >= 0.3 is 80.9 Å². The Kier molecular flexibility index (Phi) is 10.5. The molecule has 0 spiro atoms. The summed E-state index contributed by atoms with van der Waals surface area (Å²) in [5.74, 6) is -5.02. The van der Waals surface area contributed by atoms with Gasteiger partial charge in [0.15, 0.2) is 0 Å². The van der Waals surface area contributed by atoms with Crippen LogP contribution in [0, 0.1) is 13.8 Å². The molecule has 1 rings (SSSR count). The number of hydrogen-bond acceptors (Lipinski definition) is 4. The van der Waals surface area contributed by atoms with E-state index < -0.39 is 17.9 Å². The van der Waals surface area contributed by atoms with Gasteiger partial charge in [-0.3, -0.25) is 0 Å². The fourth-order valence-electron chi connectivity index (χ4n) is 2.19. The van der Waals surface area contributed by atoms with Crippen molar-refractivity contribution in [3.05, 3.63) is 34.4 Å². The summed E-state index contributed by atoms with van der Waals surface area (Å²) in [5, 5.41) is 22.0. The average Bonchev–Trinajstić information content (AvgIpc) is 2.20. The zero-order valence-electron chi connectivity index (χ0n) is 13.9. The first-order valence-corrected chi connectivity index (χ1v) is 6.09. The molecule has 0 radical (unpaired) electrons. The summed E-state index contributed by atoms with van der Waals surface area (Å²) in [6.07, 6.45) is 0. The zero-order valence-corrected chi connectivity index (χ0v) is 19.0. The van der Waals surface area contributed by atoms with Crippen LogP contribution in [0.3, 0.4) is 0 Å². The maximum absolute atomic E-state index is 11.0. The van der Waals surface area contributed by atoms with Gasteiger partial charge in [0.25, 0.3) is 0 Å². The Morgan fingerprint density at radius 1 is 1.00 bits per heavy atom. The van der Waals surface area contributed by atoms with E-state index >= 15 is 0 Å². The van der Waals surface area contributed by atoms with Crippen molar-refractivity contribution in [1.29, 1.82) is 0 Å². The summed E-state index contributed by atoms with van der Waals surface area (Å²) >= 11 is 0. The SMILES string of the molecule is Cc1cc(C(C)(C)C)cc(C)c1C(C(=O)[O-])C(=O)[O-].[K+].[Na+]. The number of carbonyl (C=O) groups excluding carboxylic acids is 2. The molecular weight excluding hydrogens is 306 g/mol. The Labute approximate surface area is 190 Å². The molecule has 1 aromatic carbocycles. The van der Waals surface area contributed by atoms with Crippen LogP contribution in [0.4, 0.5) is 0 Å². The van der Waals surface area contributed by atoms with Gasteiger partial charge in [-0.15, -0.1) is 0 Å². The fraction of sp³-hybridized carbons (Fsp3) is 0.467. The second-order valence-corrected chi connectivity index (χ2v) is 5.84. The van der Waals surface area contributed by atoms with Crippen LogP contribution in [0.1, 0.15) is 48.9 Å². The number of aryl methyl sites for hydroxylation is 2. The van der Waals surface area contributed by atoms with Crippen molar-refractivity contribution in [2.45, 2.75) is 46.0 Å². The van der Waals surface area contributed by atoms with Gasteiger partial charge in [0.2, 0.25) is 0 Å². The van der Waals surface area contributed by atoms with Crippen molar-refractivity contribution in [1.82, 2.24) is 0 Å². The van der Waals surface area contributed by atoms with Gasteiger partial charge in [0.1, 0.15) is 0 Å². The van der Waals surface area contributed by atoms with Crippen molar-refractivity contribution in [2.24, 2.45) is 0 Å². The molecule has 0 saturated carbocycles. The first-order valence-electron chi connectivity index (χ1n) is 6.09. The number of aliphatic carboxylic acids is 2. The van der Waals surface area contributed by atoms with Crippen LogP contribution in [0.25, 0.3) is 0 Å². The maximum atomic E-state index is 11.0. The molecule has 0 aromatic heterocycles. The molecule has 0 unspecified atom stereocenters. The second kappa shape index (κ2) is 9.18. The molecule has 0 heterocycles. The zero-order chi connectivity index (χ0) is 15.0. The molecule has 104 valence electrons. The Balaban J connectivity index is 0. The van der Waals surface area contributed by atoms with E-state index in [1.165, 1.54) is 0 Å². The van der Waals surface area contributed by atoms with Gasteiger partial charge in [-0.05, 0) is 41.5 Å². The van der Waals surface area contributed by atoms with E-state index in [-0.39, 0.29) is 91.9 Å². The predicted molar refractivity (Wildman–Crippen MR) is 67.4 cm³/mol. The third-order valence-electron chi connectivity index (χ3n) is 3.22. The van der Waals surface area contributed by atoms with Gasteiger partial charge in [-0.2, -0.15) is 0 Å². The van der Waals surface area contributed by atoms with Crippen molar-refractivity contribution < 1.29 is 101 Å². The Bertz CT molecular complexity index is 498. The van der Waals surface area contributed by atoms with Gasteiger partial charge in [-0.25, -0.2) is 0 Å². The van der Waals surface area contributed by atoms with E-state index in [1.807, 2.05) is 32.9 Å². The molecule has 0 atom stereocenters. The molecule has 0 N–H and O–H groups in total. The Hall–Kier alpha value is 0.796. The number of benzene rings is 1. The van der Waals surface area contributed by atoms with E-state index in [0.29, 0.717) is 11.1 Å². The molecule has 4 nitrogen and oxygen atoms in total. The van der Waals surface area contributed by atoms with Crippen molar-refractivity contribution in [3.8, 4) is 0 Å². The molecule has 6 heteroatoms. The summed E-state index contributed by atoms with van der Waals surface area (Å²) in [5.41, 5.74) is 2.45. The van der Waals surface area contributed by atoms with E-state index in [9.17, 15) is 19.8 Å². The largest absolute Gasteiger partial charge is 1.00 e. The minimum Gasteiger partial charge on any atom is -0.549 e. The van der Waals surface area contributed by atoms with Crippen LogP contribution in [-0.4, -0.2) is 11.9 Å². The van der Waals surface area contributed by atoms with E-state index in [0.717, 1.165) is 5.56 Å². The van der Waals surface area contributed by atoms with Crippen LogP contribution in [-0.2, 0) is 15.0 Å². The number of carboxylic acid groups (broad SMARTS) is 2. The van der Waals surface area contributed by atoms with Crippen LogP contribution in [0.15, 0.2) is 12.1 Å². The molecule has 0 saturated heterocycles.